The number of methoxy groups -OCH3 is 1. The van der Waals surface area contributed by atoms with E-state index in [0.29, 0.717) is 11.6 Å². The van der Waals surface area contributed by atoms with Crippen LogP contribution >= 0.6 is 0 Å². The molecule has 3 aromatic rings. The van der Waals surface area contributed by atoms with Gasteiger partial charge in [-0.15, -0.1) is 0 Å². The van der Waals surface area contributed by atoms with Gasteiger partial charge >= 0.3 is 0 Å². The van der Waals surface area contributed by atoms with Crippen molar-refractivity contribution in [3.05, 3.63) is 59.8 Å². The topological polar surface area (TPSA) is 62.4 Å². The van der Waals surface area contributed by atoms with Crippen LogP contribution in [0.15, 0.2) is 48.5 Å². The lowest BCUT2D eigenvalue weighted by Gasteiger charge is -2.47. The number of aromatic nitrogens is 1. The van der Waals surface area contributed by atoms with Gasteiger partial charge in [-0.2, -0.15) is 0 Å². The number of anilines is 1. The summed E-state index contributed by atoms with van der Waals surface area (Å²) in [6, 6.07) is 15.5. The lowest BCUT2D eigenvalue weighted by Crippen LogP contribution is -2.41. The third-order valence-corrected chi connectivity index (χ3v) is 8.71. The van der Waals surface area contributed by atoms with Crippen molar-refractivity contribution in [2.45, 2.75) is 51.9 Å². The van der Waals surface area contributed by atoms with E-state index in [2.05, 4.69) is 31.8 Å². The Kier molecular flexibility index (Phi) is 4.71. The van der Waals surface area contributed by atoms with E-state index >= 15 is 0 Å². The summed E-state index contributed by atoms with van der Waals surface area (Å²) in [7, 11) is 1.69. The zero-order valence-electron chi connectivity index (χ0n) is 20.3. The summed E-state index contributed by atoms with van der Waals surface area (Å²) < 4.78 is 5.54. The highest BCUT2D eigenvalue weighted by Gasteiger charge is 2.59. The number of amides is 2. The van der Waals surface area contributed by atoms with E-state index in [-0.39, 0.29) is 35.0 Å². The lowest BCUT2D eigenvalue weighted by atomic mass is 9.56. The van der Waals surface area contributed by atoms with E-state index in [9.17, 15) is 9.59 Å². The average Bonchev–Trinajstić information content (AvgIpc) is 3.33. The second kappa shape index (κ2) is 7.46. The monoisotopic (exact) mass is 456 g/mol. The van der Waals surface area contributed by atoms with Crippen LogP contribution < -0.4 is 9.64 Å². The van der Waals surface area contributed by atoms with Gasteiger partial charge in [-0.05, 0) is 78.3 Å². The van der Waals surface area contributed by atoms with Gasteiger partial charge in [0.15, 0.2) is 0 Å². The molecule has 1 N–H and O–H groups in total. The summed E-state index contributed by atoms with van der Waals surface area (Å²) >= 11 is 0. The second-order valence-electron chi connectivity index (χ2n) is 11.4. The molecule has 0 spiro atoms. The van der Waals surface area contributed by atoms with E-state index in [1.165, 1.54) is 10.5 Å². The summed E-state index contributed by atoms with van der Waals surface area (Å²) in [5, 5.41) is 1.13. The minimum absolute atomic E-state index is 0.0346. The molecule has 34 heavy (non-hydrogen) atoms. The number of hydrogen-bond donors (Lipinski definition) is 1. The first-order valence-corrected chi connectivity index (χ1v) is 12.4. The fourth-order valence-electron chi connectivity index (χ4n) is 6.99. The van der Waals surface area contributed by atoms with Gasteiger partial charge in [-0.25, -0.2) is 4.90 Å². The third-order valence-electron chi connectivity index (χ3n) is 8.71. The molecular weight excluding hydrogens is 424 g/mol. The summed E-state index contributed by atoms with van der Waals surface area (Å²) in [5.41, 5.74) is 4.05. The quantitative estimate of drug-likeness (QED) is 0.481. The van der Waals surface area contributed by atoms with Crippen LogP contribution in [-0.4, -0.2) is 23.9 Å². The normalized spacial score (nSPS) is 28.6. The molecule has 5 unspecified atom stereocenters. The van der Waals surface area contributed by atoms with Gasteiger partial charge in [-0.1, -0.05) is 39.0 Å². The van der Waals surface area contributed by atoms with Crippen molar-refractivity contribution in [1.29, 1.82) is 0 Å². The van der Waals surface area contributed by atoms with Crippen LogP contribution in [0, 0.1) is 23.2 Å². The Bertz CT molecular complexity index is 1290. The number of aromatic amines is 1. The van der Waals surface area contributed by atoms with E-state index in [1.54, 1.807) is 7.11 Å². The molecule has 176 valence electrons. The number of imide groups is 1. The Morgan fingerprint density at radius 3 is 2.47 bits per heavy atom. The van der Waals surface area contributed by atoms with Gasteiger partial charge < -0.3 is 9.72 Å². The highest BCUT2D eigenvalue weighted by atomic mass is 16.5. The number of nitrogens with one attached hydrogen (secondary N) is 1. The van der Waals surface area contributed by atoms with E-state index in [1.807, 2.05) is 42.5 Å². The minimum Gasteiger partial charge on any atom is -0.497 e. The Morgan fingerprint density at radius 1 is 1.00 bits per heavy atom. The average molecular weight is 457 g/mol. The molecule has 2 heterocycles. The molecule has 2 amide bonds. The van der Waals surface area contributed by atoms with Gasteiger partial charge in [0, 0.05) is 16.6 Å². The van der Waals surface area contributed by atoms with Gasteiger partial charge in [-0.3, -0.25) is 9.59 Å². The first-order valence-electron chi connectivity index (χ1n) is 12.4. The molecule has 2 aliphatic carbocycles. The Balaban J connectivity index is 1.55. The number of carbonyl (C=O) groups is 2. The molecular formula is C29H32N2O3. The predicted octanol–water partition coefficient (Wildman–Crippen LogP) is 6.01. The van der Waals surface area contributed by atoms with E-state index in [4.69, 9.17) is 4.74 Å². The fraction of sp³-hybridized carbons (Fsp3) is 0.448. The third kappa shape index (κ3) is 2.98. The van der Waals surface area contributed by atoms with E-state index in [0.717, 1.165) is 41.6 Å². The van der Waals surface area contributed by atoms with Gasteiger partial charge in [0.2, 0.25) is 11.8 Å². The molecule has 5 nitrogen and oxygen atoms in total. The largest absolute Gasteiger partial charge is 0.497 e. The number of carbonyl (C=O) groups excluding carboxylic acids is 2. The first kappa shape index (κ1) is 21.5. The Labute approximate surface area is 200 Å². The number of ether oxygens (including phenoxy) is 1. The van der Waals surface area contributed by atoms with Crippen LogP contribution in [0.3, 0.4) is 0 Å². The molecule has 5 heteroatoms. The molecule has 1 saturated heterocycles. The zero-order valence-corrected chi connectivity index (χ0v) is 20.3. The number of fused-ring (bicyclic) bond motifs is 8. The molecule has 0 radical (unpaired) electrons. The molecule has 5 atom stereocenters. The van der Waals surface area contributed by atoms with Crippen LogP contribution in [0.1, 0.15) is 63.1 Å². The number of hydrogen-bond acceptors (Lipinski definition) is 3. The van der Waals surface area contributed by atoms with Crippen molar-refractivity contribution < 1.29 is 14.3 Å². The number of benzene rings is 2. The van der Waals surface area contributed by atoms with Crippen molar-refractivity contribution in [3.63, 3.8) is 0 Å². The van der Waals surface area contributed by atoms with Crippen LogP contribution in [0.25, 0.3) is 10.9 Å². The predicted molar refractivity (Wildman–Crippen MR) is 133 cm³/mol. The maximum Gasteiger partial charge on any atom is 0.243 e. The lowest BCUT2D eigenvalue weighted by molar-refractivity contribution is -0.123. The number of rotatable bonds is 2. The highest BCUT2D eigenvalue weighted by Crippen LogP contribution is 2.60. The van der Waals surface area contributed by atoms with Crippen LogP contribution in [0.5, 0.6) is 5.75 Å². The van der Waals surface area contributed by atoms with Crippen molar-refractivity contribution in [3.8, 4) is 5.75 Å². The Hall–Kier alpha value is -3.08. The second-order valence-corrected chi connectivity index (χ2v) is 11.4. The standard InChI is InChI=1S/C29H32N2O3/c1-29(2,3)16-10-12-19-20(14-16)24-25(28(33)31(27(24)32)17-8-6-5-7-9-17)26-23(19)21-15-18(34-4)11-13-22(21)30-26/h5-9,11,13,15-16,19-20,24-25,30H,10,12,14H2,1-4H3. The molecule has 1 saturated carbocycles. The van der Waals surface area contributed by atoms with Crippen LogP contribution in [-0.2, 0) is 9.59 Å². The molecule has 6 rings (SSSR count). The maximum atomic E-state index is 14.0. The van der Waals surface area contributed by atoms with Gasteiger partial charge in [0.1, 0.15) is 5.75 Å². The first-order chi connectivity index (χ1) is 16.3. The molecule has 2 fully saturated rings. The van der Waals surface area contributed by atoms with Gasteiger partial charge in [0.05, 0.1) is 24.6 Å². The van der Waals surface area contributed by atoms with E-state index < -0.39 is 5.92 Å². The van der Waals surface area contributed by atoms with Crippen LogP contribution in [0.4, 0.5) is 5.69 Å². The number of nitrogens with zero attached hydrogens (tertiary/aromatic N) is 1. The number of H-pyrrole nitrogens is 1. The fourth-order valence-corrected chi connectivity index (χ4v) is 6.99. The molecule has 3 aliphatic rings. The number of para-hydroxylation sites is 1. The summed E-state index contributed by atoms with van der Waals surface area (Å²) in [4.78, 5) is 32.9. The molecule has 2 aromatic carbocycles. The van der Waals surface area contributed by atoms with Crippen LogP contribution in [0.2, 0.25) is 0 Å². The van der Waals surface area contributed by atoms with Crippen molar-refractivity contribution >= 4 is 28.4 Å². The maximum absolute atomic E-state index is 14.0. The molecule has 1 aliphatic heterocycles. The summed E-state index contributed by atoms with van der Waals surface area (Å²) in [6.07, 6.45) is 3.16. The highest BCUT2D eigenvalue weighted by molar-refractivity contribution is 6.24. The smallest absolute Gasteiger partial charge is 0.243 e. The van der Waals surface area contributed by atoms with Gasteiger partial charge in [0.25, 0.3) is 0 Å². The summed E-state index contributed by atoms with van der Waals surface area (Å²) in [6.45, 7) is 6.91. The zero-order chi connectivity index (χ0) is 23.8. The molecule has 1 aromatic heterocycles. The summed E-state index contributed by atoms with van der Waals surface area (Å²) in [5.74, 6) is 0.866. The SMILES string of the molecule is COc1ccc2[nH]c3c(c2c1)C1CCC(C(C)(C)C)CC1C1C(=O)N(c2ccccc2)C(=O)C31. The Morgan fingerprint density at radius 2 is 1.76 bits per heavy atom. The minimum atomic E-state index is -0.457. The van der Waals surface area contributed by atoms with Crippen molar-refractivity contribution in [2.75, 3.05) is 12.0 Å². The van der Waals surface area contributed by atoms with Crippen molar-refractivity contribution in [1.82, 2.24) is 4.98 Å². The molecule has 0 bridgehead atoms. The van der Waals surface area contributed by atoms with Crippen molar-refractivity contribution in [2.24, 2.45) is 23.2 Å².